The summed E-state index contributed by atoms with van der Waals surface area (Å²) in [7, 11) is 0. The number of amides is 1. The van der Waals surface area contributed by atoms with Crippen molar-refractivity contribution >= 4 is 29.0 Å². The number of nitrogens with zero attached hydrogens (tertiary/aromatic N) is 2. The fourth-order valence-electron chi connectivity index (χ4n) is 3.10. The van der Waals surface area contributed by atoms with Gasteiger partial charge in [-0.1, -0.05) is 42.1 Å². The molecule has 1 amide bonds. The zero-order valence-electron chi connectivity index (χ0n) is 14.6. The zero-order valence-corrected chi connectivity index (χ0v) is 16.2. The summed E-state index contributed by atoms with van der Waals surface area (Å²) < 4.78 is 0.973. The Labute approximate surface area is 158 Å². The largest absolute Gasteiger partial charge is 0.351 e. The Morgan fingerprint density at radius 1 is 1.40 bits per heavy atom. The van der Waals surface area contributed by atoms with Gasteiger partial charge in [0.15, 0.2) is 4.34 Å². The van der Waals surface area contributed by atoms with Crippen LogP contribution in [0.2, 0.25) is 0 Å². The third kappa shape index (κ3) is 6.13. The molecule has 1 aliphatic heterocycles. The SMILES string of the molecule is Cc1csc(SCC(=O)N[C@@H]2CCCN(CCc3ccccc3)C2)n1. The molecular weight excluding hydrogens is 350 g/mol. The van der Waals surface area contributed by atoms with E-state index in [0.717, 1.165) is 48.9 Å². The lowest BCUT2D eigenvalue weighted by atomic mass is 10.0. The van der Waals surface area contributed by atoms with Gasteiger partial charge in [-0.3, -0.25) is 4.79 Å². The quantitative estimate of drug-likeness (QED) is 0.754. The Morgan fingerprint density at radius 3 is 3.00 bits per heavy atom. The maximum Gasteiger partial charge on any atom is 0.230 e. The van der Waals surface area contributed by atoms with E-state index in [1.807, 2.05) is 12.3 Å². The molecule has 2 aromatic rings. The second kappa shape index (κ2) is 9.36. The predicted octanol–water partition coefficient (Wildman–Crippen LogP) is 3.37. The van der Waals surface area contributed by atoms with Crippen LogP contribution in [0.1, 0.15) is 24.1 Å². The first-order chi connectivity index (χ1) is 12.2. The standard InChI is InChI=1S/C19H25N3OS2/c1-15-13-24-19(20-15)25-14-18(23)21-17-8-5-10-22(12-17)11-9-16-6-3-2-4-7-16/h2-4,6-7,13,17H,5,8-12,14H2,1H3,(H,21,23)/t17-/m1/s1. The smallest absolute Gasteiger partial charge is 0.230 e. The molecule has 4 nitrogen and oxygen atoms in total. The molecule has 1 atom stereocenters. The van der Waals surface area contributed by atoms with Gasteiger partial charge >= 0.3 is 0 Å². The minimum atomic E-state index is 0.118. The highest BCUT2D eigenvalue weighted by molar-refractivity contribution is 8.01. The van der Waals surface area contributed by atoms with Gasteiger partial charge in [-0.15, -0.1) is 11.3 Å². The van der Waals surface area contributed by atoms with E-state index in [2.05, 4.69) is 45.5 Å². The van der Waals surface area contributed by atoms with E-state index in [1.54, 1.807) is 11.3 Å². The summed E-state index contributed by atoms with van der Waals surface area (Å²) in [6.45, 7) is 5.13. The van der Waals surface area contributed by atoms with Crippen molar-refractivity contribution in [2.45, 2.75) is 36.6 Å². The van der Waals surface area contributed by atoms with Crippen molar-refractivity contribution in [2.24, 2.45) is 0 Å². The summed E-state index contributed by atoms with van der Waals surface area (Å²) in [5.41, 5.74) is 2.40. The summed E-state index contributed by atoms with van der Waals surface area (Å²) in [4.78, 5) is 19.1. The van der Waals surface area contributed by atoms with Gasteiger partial charge in [-0.25, -0.2) is 4.98 Å². The molecule has 3 rings (SSSR count). The third-order valence-electron chi connectivity index (χ3n) is 4.35. The van der Waals surface area contributed by atoms with Crippen LogP contribution in [0, 0.1) is 6.92 Å². The van der Waals surface area contributed by atoms with Gasteiger partial charge in [0.1, 0.15) is 0 Å². The normalized spacial score (nSPS) is 18.2. The van der Waals surface area contributed by atoms with Crippen LogP contribution in [0.5, 0.6) is 0 Å². The number of thioether (sulfide) groups is 1. The van der Waals surface area contributed by atoms with Crippen LogP contribution in [0.25, 0.3) is 0 Å². The van der Waals surface area contributed by atoms with Crippen molar-refractivity contribution in [1.82, 2.24) is 15.2 Å². The van der Waals surface area contributed by atoms with E-state index in [4.69, 9.17) is 0 Å². The fraction of sp³-hybridized carbons (Fsp3) is 0.474. The molecule has 0 bridgehead atoms. The number of piperidine rings is 1. The Hall–Kier alpha value is -1.37. The first-order valence-electron chi connectivity index (χ1n) is 8.79. The van der Waals surface area contributed by atoms with Gasteiger partial charge < -0.3 is 10.2 Å². The van der Waals surface area contributed by atoms with Crippen LogP contribution in [0.4, 0.5) is 0 Å². The maximum absolute atomic E-state index is 12.2. The number of carbonyl (C=O) groups is 1. The summed E-state index contributed by atoms with van der Waals surface area (Å²) in [6.07, 6.45) is 3.30. The fourth-order valence-corrected chi connectivity index (χ4v) is 4.76. The number of rotatable bonds is 7. The van der Waals surface area contributed by atoms with E-state index in [9.17, 15) is 4.79 Å². The maximum atomic E-state index is 12.2. The van der Waals surface area contributed by atoms with Crippen molar-refractivity contribution < 1.29 is 4.79 Å². The average molecular weight is 376 g/mol. The number of hydrogen-bond donors (Lipinski definition) is 1. The Kier molecular flexibility index (Phi) is 6.90. The molecule has 1 N–H and O–H groups in total. The van der Waals surface area contributed by atoms with Crippen LogP contribution in [0.15, 0.2) is 40.1 Å². The third-order valence-corrected chi connectivity index (χ3v) is 6.49. The molecule has 1 aromatic heterocycles. The Morgan fingerprint density at radius 2 is 2.24 bits per heavy atom. The number of aryl methyl sites for hydroxylation is 1. The van der Waals surface area contributed by atoms with Gasteiger partial charge in [-0.05, 0) is 38.3 Å². The van der Waals surface area contributed by atoms with Crippen molar-refractivity contribution in [3.8, 4) is 0 Å². The topological polar surface area (TPSA) is 45.2 Å². The Balaban J connectivity index is 1.39. The molecule has 6 heteroatoms. The molecule has 2 heterocycles. The molecule has 0 unspecified atom stereocenters. The van der Waals surface area contributed by atoms with Gasteiger partial charge in [0.05, 0.1) is 5.75 Å². The number of hydrogen-bond acceptors (Lipinski definition) is 5. The molecular formula is C19H25N3OS2. The molecule has 0 radical (unpaired) electrons. The number of nitrogens with one attached hydrogen (secondary N) is 1. The number of thiazole rings is 1. The van der Waals surface area contributed by atoms with Gasteiger partial charge in [0.2, 0.25) is 5.91 Å². The first kappa shape index (κ1) is 18.4. The van der Waals surface area contributed by atoms with Crippen LogP contribution in [-0.4, -0.2) is 47.2 Å². The highest BCUT2D eigenvalue weighted by atomic mass is 32.2. The lowest BCUT2D eigenvalue weighted by molar-refractivity contribution is -0.119. The molecule has 0 aliphatic carbocycles. The molecule has 0 spiro atoms. The summed E-state index contributed by atoms with van der Waals surface area (Å²) in [5, 5.41) is 5.22. The van der Waals surface area contributed by atoms with Crippen molar-refractivity contribution in [3.05, 3.63) is 47.0 Å². The summed E-state index contributed by atoms with van der Waals surface area (Å²) >= 11 is 3.13. The second-order valence-corrected chi connectivity index (χ2v) is 8.57. The summed E-state index contributed by atoms with van der Waals surface area (Å²) in [6, 6.07) is 10.9. The van der Waals surface area contributed by atoms with E-state index in [1.165, 1.54) is 17.3 Å². The highest BCUT2D eigenvalue weighted by Crippen LogP contribution is 2.22. The molecule has 1 aliphatic rings. The molecule has 0 saturated carbocycles. The molecule has 134 valence electrons. The Bertz CT molecular complexity index is 674. The van der Waals surface area contributed by atoms with Crippen LogP contribution in [0.3, 0.4) is 0 Å². The minimum absolute atomic E-state index is 0.118. The number of likely N-dealkylation sites (tertiary alicyclic amines) is 1. The molecule has 1 aromatic carbocycles. The monoisotopic (exact) mass is 375 g/mol. The number of carbonyl (C=O) groups excluding carboxylic acids is 1. The summed E-state index contributed by atoms with van der Waals surface area (Å²) in [5.74, 6) is 0.570. The minimum Gasteiger partial charge on any atom is -0.351 e. The van der Waals surface area contributed by atoms with Gasteiger partial charge in [0.25, 0.3) is 0 Å². The van der Waals surface area contributed by atoms with Crippen LogP contribution in [-0.2, 0) is 11.2 Å². The van der Waals surface area contributed by atoms with Gasteiger partial charge in [-0.2, -0.15) is 0 Å². The molecule has 1 saturated heterocycles. The first-order valence-corrected chi connectivity index (χ1v) is 10.7. The highest BCUT2D eigenvalue weighted by Gasteiger charge is 2.21. The predicted molar refractivity (Wildman–Crippen MR) is 105 cm³/mol. The number of aromatic nitrogens is 1. The molecule has 25 heavy (non-hydrogen) atoms. The van der Waals surface area contributed by atoms with Crippen molar-refractivity contribution in [1.29, 1.82) is 0 Å². The lowest BCUT2D eigenvalue weighted by Gasteiger charge is -2.33. The lowest BCUT2D eigenvalue weighted by Crippen LogP contribution is -2.48. The van der Waals surface area contributed by atoms with Crippen LogP contribution >= 0.6 is 23.1 Å². The van der Waals surface area contributed by atoms with E-state index < -0.39 is 0 Å². The van der Waals surface area contributed by atoms with E-state index in [0.29, 0.717) is 5.75 Å². The molecule has 1 fully saturated rings. The number of benzene rings is 1. The van der Waals surface area contributed by atoms with E-state index >= 15 is 0 Å². The van der Waals surface area contributed by atoms with Crippen LogP contribution < -0.4 is 5.32 Å². The van der Waals surface area contributed by atoms with E-state index in [-0.39, 0.29) is 11.9 Å². The average Bonchev–Trinajstić information content (AvgIpc) is 3.05. The van der Waals surface area contributed by atoms with Crippen molar-refractivity contribution in [3.63, 3.8) is 0 Å². The zero-order chi connectivity index (χ0) is 17.5. The van der Waals surface area contributed by atoms with Gasteiger partial charge in [0, 0.05) is 30.2 Å². The van der Waals surface area contributed by atoms with Crippen molar-refractivity contribution in [2.75, 3.05) is 25.4 Å². The second-order valence-electron chi connectivity index (χ2n) is 6.49.